The minimum atomic E-state index is -0.862. The van der Waals surface area contributed by atoms with Crippen LogP contribution in [-0.2, 0) is 4.79 Å². The smallest absolute Gasteiger partial charge is 0.319 e. The Morgan fingerprint density at radius 3 is 2.88 bits per heavy atom. The van der Waals surface area contributed by atoms with Gasteiger partial charge in [-0.1, -0.05) is 6.07 Å². The van der Waals surface area contributed by atoms with Crippen LogP contribution in [0.25, 0.3) is 0 Å². The first-order valence-electron chi connectivity index (χ1n) is 4.93. The molecule has 1 heterocycles. The van der Waals surface area contributed by atoms with E-state index in [9.17, 15) is 9.18 Å². The van der Waals surface area contributed by atoms with Crippen molar-refractivity contribution in [2.75, 3.05) is 11.9 Å². The predicted molar refractivity (Wildman–Crippen MR) is 61.5 cm³/mol. The fourth-order valence-corrected chi connectivity index (χ4v) is 3.10. The maximum Gasteiger partial charge on any atom is 0.319 e. The molecule has 0 saturated carbocycles. The summed E-state index contributed by atoms with van der Waals surface area (Å²) in [5.74, 6) is -1.16. The molecule has 2 rings (SSSR count). The van der Waals surface area contributed by atoms with Crippen molar-refractivity contribution in [2.45, 2.75) is 23.1 Å². The first kappa shape index (κ1) is 11.3. The third-order valence-corrected chi connectivity index (χ3v) is 4.28. The highest BCUT2D eigenvalue weighted by Gasteiger charge is 2.36. The SMILES string of the molecule is CC1C(C(=O)O)Sc2cccc(F)c2N1C. The molecule has 0 bridgehead atoms. The molecule has 1 aromatic rings. The van der Waals surface area contributed by atoms with E-state index in [1.54, 1.807) is 31.0 Å². The van der Waals surface area contributed by atoms with Crippen LogP contribution in [0.5, 0.6) is 0 Å². The summed E-state index contributed by atoms with van der Waals surface area (Å²) in [5.41, 5.74) is 0.498. The molecule has 0 saturated heterocycles. The number of carboxylic acids is 1. The molecule has 0 aliphatic carbocycles. The Kier molecular flexibility index (Phi) is 2.80. The first-order valence-corrected chi connectivity index (χ1v) is 5.81. The summed E-state index contributed by atoms with van der Waals surface area (Å²) in [4.78, 5) is 13.4. The molecule has 1 aliphatic rings. The Bertz CT molecular complexity index is 438. The third-order valence-electron chi connectivity index (χ3n) is 2.85. The number of para-hydroxylation sites is 1. The van der Waals surface area contributed by atoms with Crippen LogP contribution >= 0.6 is 11.8 Å². The highest BCUT2D eigenvalue weighted by molar-refractivity contribution is 8.00. The molecule has 0 radical (unpaired) electrons. The summed E-state index contributed by atoms with van der Waals surface area (Å²) >= 11 is 1.21. The number of hydrogen-bond donors (Lipinski definition) is 1. The summed E-state index contributed by atoms with van der Waals surface area (Å²) in [6.07, 6.45) is 0. The van der Waals surface area contributed by atoms with Gasteiger partial charge in [0.1, 0.15) is 11.1 Å². The van der Waals surface area contributed by atoms with Gasteiger partial charge in [0.25, 0.3) is 0 Å². The number of thioether (sulfide) groups is 1. The van der Waals surface area contributed by atoms with Crippen LogP contribution in [-0.4, -0.2) is 29.4 Å². The molecule has 1 aliphatic heterocycles. The van der Waals surface area contributed by atoms with Crippen molar-refractivity contribution in [1.29, 1.82) is 0 Å². The standard InChI is InChI=1S/C11H12FNO2S/c1-6-10(11(14)15)16-8-5-3-4-7(12)9(8)13(6)2/h3-6,10H,1-2H3,(H,14,15). The zero-order chi connectivity index (χ0) is 11.9. The van der Waals surface area contributed by atoms with Crippen LogP contribution in [0.4, 0.5) is 10.1 Å². The van der Waals surface area contributed by atoms with E-state index >= 15 is 0 Å². The van der Waals surface area contributed by atoms with E-state index in [1.807, 2.05) is 0 Å². The van der Waals surface area contributed by atoms with Crippen LogP contribution < -0.4 is 4.90 Å². The number of fused-ring (bicyclic) bond motifs is 1. The second-order valence-corrected chi connectivity index (χ2v) is 5.00. The number of nitrogens with zero attached hydrogens (tertiary/aromatic N) is 1. The lowest BCUT2D eigenvalue weighted by atomic mass is 10.1. The van der Waals surface area contributed by atoms with Gasteiger partial charge < -0.3 is 10.0 Å². The van der Waals surface area contributed by atoms with Gasteiger partial charge in [-0.05, 0) is 19.1 Å². The summed E-state index contributed by atoms with van der Waals surface area (Å²) in [6, 6.07) is 4.52. The van der Waals surface area contributed by atoms with Crippen LogP contribution in [0.15, 0.2) is 23.1 Å². The summed E-state index contributed by atoms with van der Waals surface area (Å²) in [6.45, 7) is 1.79. The fraction of sp³-hybridized carbons (Fsp3) is 0.364. The number of halogens is 1. The maximum absolute atomic E-state index is 13.6. The molecule has 1 N–H and O–H groups in total. The van der Waals surface area contributed by atoms with Gasteiger partial charge >= 0.3 is 5.97 Å². The number of rotatable bonds is 1. The second-order valence-electron chi connectivity index (χ2n) is 3.81. The Balaban J connectivity index is 2.48. The van der Waals surface area contributed by atoms with E-state index in [0.29, 0.717) is 10.6 Å². The quantitative estimate of drug-likeness (QED) is 0.818. The predicted octanol–water partition coefficient (Wildman–Crippen LogP) is 2.21. The Morgan fingerprint density at radius 1 is 1.56 bits per heavy atom. The lowest BCUT2D eigenvalue weighted by Crippen LogP contribution is -2.44. The number of benzene rings is 1. The number of carboxylic acid groups (broad SMARTS) is 1. The van der Waals surface area contributed by atoms with Crippen molar-refractivity contribution in [3.63, 3.8) is 0 Å². The van der Waals surface area contributed by atoms with E-state index in [2.05, 4.69) is 0 Å². The summed E-state index contributed by atoms with van der Waals surface area (Å²) in [7, 11) is 1.72. The average molecular weight is 241 g/mol. The minimum absolute atomic E-state index is 0.230. The summed E-state index contributed by atoms with van der Waals surface area (Å²) < 4.78 is 13.6. The van der Waals surface area contributed by atoms with Crippen molar-refractivity contribution in [3.8, 4) is 0 Å². The molecule has 0 spiro atoms. The normalized spacial score (nSPS) is 24.1. The van der Waals surface area contributed by atoms with Crippen molar-refractivity contribution in [3.05, 3.63) is 24.0 Å². The molecule has 0 aromatic heterocycles. The molecule has 1 aromatic carbocycles. The topological polar surface area (TPSA) is 40.5 Å². The third kappa shape index (κ3) is 1.65. The second kappa shape index (κ2) is 3.97. The summed E-state index contributed by atoms with van der Waals surface area (Å²) in [5, 5.41) is 8.52. The van der Waals surface area contributed by atoms with Crippen molar-refractivity contribution >= 4 is 23.4 Å². The van der Waals surface area contributed by atoms with Crippen LogP contribution in [0.1, 0.15) is 6.92 Å². The van der Waals surface area contributed by atoms with Gasteiger partial charge in [0.05, 0.1) is 5.69 Å². The van der Waals surface area contributed by atoms with E-state index < -0.39 is 11.2 Å². The van der Waals surface area contributed by atoms with Crippen LogP contribution in [0.3, 0.4) is 0 Å². The number of aliphatic carboxylic acids is 1. The molecule has 5 heteroatoms. The Hall–Kier alpha value is -1.23. The highest BCUT2D eigenvalue weighted by Crippen LogP contribution is 2.42. The van der Waals surface area contributed by atoms with E-state index in [1.165, 1.54) is 17.8 Å². The Morgan fingerprint density at radius 2 is 2.25 bits per heavy atom. The molecular formula is C11H12FNO2S. The largest absolute Gasteiger partial charge is 0.480 e. The molecule has 0 amide bonds. The highest BCUT2D eigenvalue weighted by atomic mass is 32.2. The molecule has 2 unspecified atom stereocenters. The number of anilines is 1. The fourth-order valence-electron chi connectivity index (χ4n) is 1.83. The van der Waals surface area contributed by atoms with E-state index in [4.69, 9.17) is 5.11 Å². The zero-order valence-electron chi connectivity index (χ0n) is 8.98. The van der Waals surface area contributed by atoms with Crippen molar-refractivity contribution in [2.24, 2.45) is 0 Å². The first-order chi connectivity index (χ1) is 7.52. The van der Waals surface area contributed by atoms with E-state index in [0.717, 1.165) is 0 Å². The maximum atomic E-state index is 13.6. The molecule has 3 nitrogen and oxygen atoms in total. The van der Waals surface area contributed by atoms with Gasteiger partial charge in [-0.15, -0.1) is 11.8 Å². The van der Waals surface area contributed by atoms with Gasteiger partial charge in [0, 0.05) is 18.0 Å². The average Bonchev–Trinajstić information content (AvgIpc) is 2.22. The van der Waals surface area contributed by atoms with Gasteiger partial charge in [-0.3, -0.25) is 4.79 Å². The lowest BCUT2D eigenvalue weighted by Gasteiger charge is -2.37. The van der Waals surface area contributed by atoms with Crippen LogP contribution in [0, 0.1) is 5.82 Å². The van der Waals surface area contributed by atoms with E-state index in [-0.39, 0.29) is 11.9 Å². The van der Waals surface area contributed by atoms with Crippen molar-refractivity contribution in [1.82, 2.24) is 0 Å². The molecule has 0 fully saturated rings. The molecule has 16 heavy (non-hydrogen) atoms. The zero-order valence-corrected chi connectivity index (χ0v) is 9.79. The van der Waals surface area contributed by atoms with Gasteiger partial charge in [-0.2, -0.15) is 0 Å². The molecule has 86 valence electrons. The van der Waals surface area contributed by atoms with Crippen molar-refractivity contribution < 1.29 is 14.3 Å². The Labute approximate surface area is 97.3 Å². The minimum Gasteiger partial charge on any atom is -0.480 e. The van der Waals surface area contributed by atoms with Gasteiger partial charge in [-0.25, -0.2) is 4.39 Å². The molecular weight excluding hydrogens is 229 g/mol. The number of carbonyl (C=O) groups is 1. The van der Waals surface area contributed by atoms with Gasteiger partial charge in [0.2, 0.25) is 0 Å². The lowest BCUT2D eigenvalue weighted by molar-refractivity contribution is -0.136. The number of hydrogen-bond acceptors (Lipinski definition) is 3. The van der Waals surface area contributed by atoms with Gasteiger partial charge in [0.15, 0.2) is 0 Å². The monoisotopic (exact) mass is 241 g/mol. The molecule has 2 atom stereocenters. The van der Waals surface area contributed by atoms with Crippen LogP contribution in [0.2, 0.25) is 0 Å².